The maximum absolute atomic E-state index is 12.8. The molecule has 30 heavy (non-hydrogen) atoms. The molecule has 0 spiro atoms. The van der Waals surface area contributed by atoms with Gasteiger partial charge in [-0.2, -0.15) is 0 Å². The van der Waals surface area contributed by atoms with Crippen LogP contribution in [-0.4, -0.2) is 33.2 Å². The van der Waals surface area contributed by atoms with E-state index in [0.29, 0.717) is 28.2 Å². The van der Waals surface area contributed by atoms with Gasteiger partial charge in [0, 0.05) is 22.5 Å². The summed E-state index contributed by atoms with van der Waals surface area (Å²) in [7, 11) is 0. The van der Waals surface area contributed by atoms with E-state index in [9.17, 15) is 19.5 Å². The highest BCUT2D eigenvalue weighted by Crippen LogP contribution is 2.24. The van der Waals surface area contributed by atoms with Crippen LogP contribution in [0.25, 0.3) is 0 Å². The second-order valence-corrected chi connectivity index (χ2v) is 6.94. The molecule has 152 valence electrons. The number of phenols is 1. The molecule has 0 aliphatic rings. The summed E-state index contributed by atoms with van der Waals surface area (Å²) < 4.78 is 0. The van der Waals surface area contributed by atoms with Crippen LogP contribution in [0.15, 0.2) is 60.8 Å². The Morgan fingerprint density at radius 1 is 1.17 bits per heavy atom. The Hall–Kier alpha value is -3.71. The van der Waals surface area contributed by atoms with Gasteiger partial charge in [0.15, 0.2) is 0 Å². The maximum atomic E-state index is 12.8. The number of hydrogen-bond donors (Lipinski definition) is 2. The molecule has 1 heterocycles. The molecule has 1 aromatic heterocycles. The molecule has 0 aliphatic carbocycles. The number of aromatic nitrogens is 1. The molecule has 0 aliphatic heterocycles. The molecule has 2 N–H and O–H groups in total. The van der Waals surface area contributed by atoms with Gasteiger partial charge < -0.3 is 10.4 Å². The minimum absolute atomic E-state index is 0.0825. The van der Waals surface area contributed by atoms with Gasteiger partial charge in [-0.05, 0) is 60.5 Å². The van der Waals surface area contributed by atoms with E-state index in [1.165, 1.54) is 18.3 Å². The van der Waals surface area contributed by atoms with Crippen molar-refractivity contribution in [2.45, 2.75) is 13.5 Å². The molecule has 7 nitrogen and oxygen atoms in total. The number of anilines is 1. The van der Waals surface area contributed by atoms with Gasteiger partial charge in [-0.25, -0.2) is 0 Å². The highest BCUT2D eigenvalue weighted by molar-refractivity contribution is 6.30. The number of aryl methyl sites for hydroxylation is 1. The third kappa shape index (κ3) is 4.82. The van der Waals surface area contributed by atoms with E-state index in [1.54, 1.807) is 49.4 Å². The summed E-state index contributed by atoms with van der Waals surface area (Å²) in [5, 5.41) is 12.8. The third-order valence-corrected chi connectivity index (χ3v) is 4.63. The van der Waals surface area contributed by atoms with Gasteiger partial charge in [0.25, 0.3) is 11.8 Å². The largest absolute Gasteiger partial charge is 0.508 e. The summed E-state index contributed by atoms with van der Waals surface area (Å²) >= 11 is 6.09. The van der Waals surface area contributed by atoms with Crippen molar-refractivity contribution in [1.82, 2.24) is 9.88 Å². The molecule has 0 saturated heterocycles. The number of pyridine rings is 1. The van der Waals surface area contributed by atoms with Crippen molar-refractivity contribution < 1.29 is 19.5 Å². The van der Waals surface area contributed by atoms with E-state index in [4.69, 9.17) is 11.6 Å². The maximum Gasteiger partial charge on any atom is 0.274 e. The smallest absolute Gasteiger partial charge is 0.274 e. The molecule has 8 heteroatoms. The lowest BCUT2D eigenvalue weighted by molar-refractivity contribution is -0.116. The number of rotatable bonds is 6. The standard InChI is InChI=1S/C22H18ClN3O4/c1-14-5-7-17(28)11-18(14)22(30)26(13-27)12-15-10-16(23)6-8-19(15)25-21(29)20-4-2-3-9-24-20/h2-11,13,28H,12H2,1H3,(H,25,29). The molecule has 0 unspecified atom stereocenters. The van der Waals surface area contributed by atoms with Crippen molar-refractivity contribution in [3.05, 3.63) is 88.2 Å². The van der Waals surface area contributed by atoms with Crippen LogP contribution in [0, 0.1) is 6.92 Å². The van der Waals surface area contributed by atoms with Crippen molar-refractivity contribution in [2.75, 3.05) is 5.32 Å². The van der Waals surface area contributed by atoms with Crippen LogP contribution in [0.3, 0.4) is 0 Å². The summed E-state index contributed by atoms with van der Waals surface area (Å²) in [5.41, 5.74) is 1.88. The summed E-state index contributed by atoms with van der Waals surface area (Å²) in [6, 6.07) is 14.0. The van der Waals surface area contributed by atoms with Crippen LogP contribution in [0.4, 0.5) is 5.69 Å². The van der Waals surface area contributed by atoms with Crippen molar-refractivity contribution >= 4 is 35.5 Å². The van der Waals surface area contributed by atoms with Gasteiger partial charge in [-0.3, -0.25) is 24.3 Å². The topological polar surface area (TPSA) is 99.6 Å². The van der Waals surface area contributed by atoms with Gasteiger partial charge in [0.05, 0.1) is 6.54 Å². The number of phenolic OH excluding ortho intramolecular Hbond substituents is 1. The molecule has 0 fully saturated rings. The molecule has 0 saturated carbocycles. The number of halogens is 1. The monoisotopic (exact) mass is 423 g/mol. The fraction of sp³-hybridized carbons (Fsp3) is 0.0909. The quantitative estimate of drug-likeness (QED) is 0.587. The van der Waals surface area contributed by atoms with Gasteiger partial charge in [-0.1, -0.05) is 23.7 Å². The minimum atomic E-state index is -0.583. The lowest BCUT2D eigenvalue weighted by Gasteiger charge is -2.19. The Morgan fingerprint density at radius 2 is 1.97 bits per heavy atom. The number of carbonyl (C=O) groups is 3. The van der Waals surface area contributed by atoms with Crippen LogP contribution in [-0.2, 0) is 11.3 Å². The average Bonchev–Trinajstić information content (AvgIpc) is 2.75. The van der Waals surface area contributed by atoms with Crippen LogP contribution in [0.1, 0.15) is 32.0 Å². The second kappa shape index (κ2) is 9.19. The van der Waals surface area contributed by atoms with Crippen LogP contribution in [0.2, 0.25) is 5.02 Å². The first-order chi connectivity index (χ1) is 14.4. The number of aromatic hydroxyl groups is 1. The SMILES string of the molecule is Cc1ccc(O)cc1C(=O)N(C=O)Cc1cc(Cl)ccc1NC(=O)c1ccccn1. The molecule has 3 rings (SSSR count). The summed E-state index contributed by atoms with van der Waals surface area (Å²) in [4.78, 5) is 41.9. The number of amides is 3. The first-order valence-electron chi connectivity index (χ1n) is 8.95. The summed E-state index contributed by atoms with van der Waals surface area (Å²) in [6.07, 6.45) is 1.90. The Kier molecular flexibility index (Phi) is 6.44. The van der Waals surface area contributed by atoms with Crippen LogP contribution in [0.5, 0.6) is 5.75 Å². The highest BCUT2D eigenvalue weighted by Gasteiger charge is 2.20. The van der Waals surface area contributed by atoms with E-state index in [-0.39, 0.29) is 23.6 Å². The van der Waals surface area contributed by atoms with Crippen LogP contribution < -0.4 is 5.32 Å². The Morgan fingerprint density at radius 3 is 2.67 bits per heavy atom. The predicted octanol–water partition coefficient (Wildman–Crippen LogP) is 3.80. The van der Waals surface area contributed by atoms with Gasteiger partial charge in [-0.15, -0.1) is 0 Å². The first-order valence-corrected chi connectivity index (χ1v) is 9.33. The predicted molar refractivity (Wildman–Crippen MR) is 112 cm³/mol. The molecule has 0 radical (unpaired) electrons. The molecule has 2 aromatic carbocycles. The minimum Gasteiger partial charge on any atom is -0.508 e. The Bertz CT molecular complexity index is 1100. The average molecular weight is 424 g/mol. The number of carbonyl (C=O) groups excluding carboxylic acids is 3. The van der Waals surface area contributed by atoms with E-state index in [1.807, 2.05) is 0 Å². The Balaban J connectivity index is 1.88. The fourth-order valence-corrected chi connectivity index (χ4v) is 3.03. The van der Waals surface area contributed by atoms with E-state index in [0.717, 1.165) is 4.90 Å². The van der Waals surface area contributed by atoms with E-state index in [2.05, 4.69) is 10.3 Å². The zero-order valence-electron chi connectivity index (χ0n) is 16.0. The molecular formula is C22H18ClN3O4. The molecule has 0 bridgehead atoms. The normalized spacial score (nSPS) is 10.3. The molecular weight excluding hydrogens is 406 g/mol. The van der Waals surface area contributed by atoms with Crippen LogP contribution >= 0.6 is 11.6 Å². The number of imide groups is 1. The number of nitrogens with one attached hydrogen (secondary N) is 1. The third-order valence-electron chi connectivity index (χ3n) is 4.39. The highest BCUT2D eigenvalue weighted by atomic mass is 35.5. The Labute approximate surface area is 177 Å². The summed E-state index contributed by atoms with van der Waals surface area (Å²) in [5.74, 6) is -1.10. The van der Waals surface area contributed by atoms with E-state index >= 15 is 0 Å². The van der Waals surface area contributed by atoms with Gasteiger partial charge in [0.2, 0.25) is 6.41 Å². The van der Waals surface area contributed by atoms with Crippen molar-refractivity contribution in [2.24, 2.45) is 0 Å². The number of benzene rings is 2. The van der Waals surface area contributed by atoms with Gasteiger partial charge in [0.1, 0.15) is 11.4 Å². The number of nitrogens with zero attached hydrogens (tertiary/aromatic N) is 2. The fourth-order valence-electron chi connectivity index (χ4n) is 2.83. The zero-order valence-corrected chi connectivity index (χ0v) is 16.8. The first kappa shape index (κ1) is 21.0. The zero-order chi connectivity index (χ0) is 21.7. The van der Waals surface area contributed by atoms with E-state index < -0.39 is 11.8 Å². The number of hydrogen-bond acceptors (Lipinski definition) is 5. The second-order valence-electron chi connectivity index (χ2n) is 6.51. The summed E-state index contributed by atoms with van der Waals surface area (Å²) in [6.45, 7) is 1.57. The lowest BCUT2D eigenvalue weighted by Crippen LogP contribution is -2.30. The van der Waals surface area contributed by atoms with Crippen molar-refractivity contribution in [3.8, 4) is 5.75 Å². The molecule has 3 aromatic rings. The lowest BCUT2D eigenvalue weighted by atomic mass is 10.1. The van der Waals surface area contributed by atoms with Crippen molar-refractivity contribution in [3.63, 3.8) is 0 Å². The van der Waals surface area contributed by atoms with Crippen molar-refractivity contribution in [1.29, 1.82) is 0 Å². The molecule has 3 amide bonds. The molecule has 0 atom stereocenters. The van der Waals surface area contributed by atoms with Gasteiger partial charge >= 0.3 is 0 Å².